The lowest BCUT2D eigenvalue weighted by molar-refractivity contribution is 0.125. The number of aliphatic hydroxyl groups is 1. The van der Waals surface area contributed by atoms with Gasteiger partial charge in [-0.05, 0) is 18.8 Å². The molecule has 0 fully saturated rings. The minimum Gasteiger partial charge on any atom is -0.392 e. The Morgan fingerprint density at radius 1 is 1.47 bits per heavy atom. The van der Waals surface area contributed by atoms with Crippen LogP contribution in [0.4, 0.5) is 0 Å². The topological polar surface area (TPSA) is 84.2 Å². The second-order valence-corrected chi connectivity index (χ2v) is 7.53. The Morgan fingerprint density at radius 2 is 2.11 bits per heavy atom. The minimum absolute atomic E-state index is 0.00140. The molecule has 0 amide bonds. The number of aryl methyl sites for hydroxylation is 1. The van der Waals surface area contributed by atoms with Gasteiger partial charge in [-0.3, -0.25) is 0 Å². The van der Waals surface area contributed by atoms with E-state index in [4.69, 9.17) is 0 Å². The van der Waals surface area contributed by atoms with Gasteiger partial charge in [0.25, 0.3) is 10.0 Å². The van der Waals surface area contributed by atoms with Crippen LogP contribution >= 0.6 is 0 Å². The molecule has 0 aliphatic carbocycles. The average molecular weight is 289 g/mol. The van der Waals surface area contributed by atoms with Crippen LogP contribution in [0, 0.1) is 5.41 Å². The Hall–Kier alpha value is -0.920. The Labute approximate surface area is 114 Å². The van der Waals surface area contributed by atoms with E-state index in [0.717, 1.165) is 0 Å². The van der Waals surface area contributed by atoms with Gasteiger partial charge in [0, 0.05) is 19.3 Å². The van der Waals surface area contributed by atoms with Gasteiger partial charge >= 0.3 is 0 Å². The van der Waals surface area contributed by atoms with Crippen molar-refractivity contribution in [3.8, 4) is 0 Å². The number of sulfonamides is 1. The van der Waals surface area contributed by atoms with E-state index in [9.17, 15) is 13.5 Å². The lowest BCUT2D eigenvalue weighted by Crippen LogP contribution is -2.34. The van der Waals surface area contributed by atoms with Gasteiger partial charge in [0.2, 0.25) is 0 Å². The fourth-order valence-electron chi connectivity index (χ4n) is 1.71. The predicted octanol–water partition coefficient (Wildman–Crippen LogP) is 0.978. The highest BCUT2D eigenvalue weighted by Crippen LogP contribution is 2.20. The van der Waals surface area contributed by atoms with Crippen molar-refractivity contribution in [2.45, 2.75) is 51.8 Å². The van der Waals surface area contributed by atoms with E-state index in [1.807, 2.05) is 27.7 Å². The van der Waals surface area contributed by atoms with E-state index in [0.29, 0.717) is 13.0 Å². The molecule has 0 bridgehead atoms. The molecule has 6 nitrogen and oxygen atoms in total. The summed E-state index contributed by atoms with van der Waals surface area (Å²) >= 11 is 0. The van der Waals surface area contributed by atoms with Crippen LogP contribution in [-0.4, -0.2) is 35.7 Å². The number of aliphatic hydroxyl groups excluding tert-OH is 1. The molecule has 1 aromatic rings. The third kappa shape index (κ3) is 5.30. The molecular weight excluding hydrogens is 266 g/mol. The van der Waals surface area contributed by atoms with Crippen LogP contribution in [0.25, 0.3) is 0 Å². The van der Waals surface area contributed by atoms with Crippen LogP contribution in [0.2, 0.25) is 0 Å². The summed E-state index contributed by atoms with van der Waals surface area (Å²) in [7, 11) is -3.64. The van der Waals surface area contributed by atoms with E-state index in [1.54, 1.807) is 4.57 Å². The third-order valence-electron chi connectivity index (χ3n) is 2.61. The summed E-state index contributed by atoms with van der Waals surface area (Å²) < 4.78 is 27.9. The molecule has 0 saturated carbocycles. The molecule has 19 heavy (non-hydrogen) atoms. The molecule has 1 unspecified atom stereocenters. The largest absolute Gasteiger partial charge is 0.392 e. The zero-order valence-corrected chi connectivity index (χ0v) is 12.7. The van der Waals surface area contributed by atoms with Crippen molar-refractivity contribution in [3.63, 3.8) is 0 Å². The number of nitrogens with zero attached hydrogens (tertiary/aromatic N) is 2. The Bertz CT molecular complexity index is 503. The van der Waals surface area contributed by atoms with Crippen molar-refractivity contribution in [3.05, 3.63) is 12.5 Å². The van der Waals surface area contributed by atoms with Gasteiger partial charge in [0.05, 0.1) is 12.4 Å². The van der Waals surface area contributed by atoms with Crippen LogP contribution in [0.3, 0.4) is 0 Å². The van der Waals surface area contributed by atoms with E-state index < -0.39 is 16.1 Å². The van der Waals surface area contributed by atoms with Crippen molar-refractivity contribution in [2.75, 3.05) is 6.54 Å². The normalized spacial score (nSPS) is 14.6. The van der Waals surface area contributed by atoms with Gasteiger partial charge in [-0.2, -0.15) is 0 Å². The molecule has 1 atom stereocenters. The number of hydrogen-bond acceptors (Lipinski definition) is 4. The molecule has 1 aromatic heterocycles. The molecule has 110 valence electrons. The van der Waals surface area contributed by atoms with Crippen LogP contribution in [-0.2, 0) is 16.6 Å². The highest BCUT2D eigenvalue weighted by atomic mass is 32.2. The molecule has 0 spiro atoms. The summed E-state index contributed by atoms with van der Waals surface area (Å²) in [5.74, 6) is 0. The van der Waals surface area contributed by atoms with Gasteiger partial charge in [-0.1, -0.05) is 20.8 Å². The fraction of sp³-hybridized carbons (Fsp3) is 0.750. The van der Waals surface area contributed by atoms with Crippen molar-refractivity contribution in [1.82, 2.24) is 14.3 Å². The van der Waals surface area contributed by atoms with E-state index >= 15 is 0 Å². The Morgan fingerprint density at radius 3 is 2.58 bits per heavy atom. The summed E-state index contributed by atoms with van der Waals surface area (Å²) in [6.07, 6.45) is 2.76. The lowest BCUT2D eigenvalue weighted by Gasteiger charge is -2.22. The Kier molecular flexibility index (Phi) is 5.11. The third-order valence-corrected chi connectivity index (χ3v) is 3.92. The summed E-state index contributed by atoms with van der Waals surface area (Å²) in [6.45, 7) is 8.54. The SMILES string of the molecule is CCn1cnc(S(=O)(=O)NCC(O)CC(C)(C)C)c1. The second kappa shape index (κ2) is 6.02. The molecule has 0 aromatic carbocycles. The van der Waals surface area contributed by atoms with Crippen molar-refractivity contribution in [2.24, 2.45) is 5.41 Å². The maximum Gasteiger partial charge on any atom is 0.259 e. The molecular formula is C12H23N3O3S. The smallest absolute Gasteiger partial charge is 0.259 e. The molecule has 0 aliphatic heterocycles. The summed E-state index contributed by atoms with van der Waals surface area (Å²) in [5.41, 5.74) is -0.0470. The maximum atomic E-state index is 11.9. The van der Waals surface area contributed by atoms with Crippen molar-refractivity contribution < 1.29 is 13.5 Å². The number of hydrogen-bond donors (Lipinski definition) is 2. The van der Waals surface area contributed by atoms with Gasteiger partial charge < -0.3 is 9.67 Å². The van der Waals surface area contributed by atoms with Crippen LogP contribution in [0.15, 0.2) is 17.6 Å². The highest BCUT2D eigenvalue weighted by Gasteiger charge is 2.21. The van der Waals surface area contributed by atoms with E-state index in [-0.39, 0.29) is 17.0 Å². The summed E-state index contributed by atoms with van der Waals surface area (Å²) in [6, 6.07) is 0. The molecule has 1 heterocycles. The molecule has 7 heteroatoms. The van der Waals surface area contributed by atoms with Crippen LogP contribution < -0.4 is 4.72 Å². The van der Waals surface area contributed by atoms with Crippen molar-refractivity contribution >= 4 is 10.0 Å². The number of rotatable bonds is 6. The summed E-state index contributed by atoms with van der Waals surface area (Å²) in [4.78, 5) is 3.84. The van der Waals surface area contributed by atoms with E-state index in [2.05, 4.69) is 9.71 Å². The zero-order chi connectivity index (χ0) is 14.7. The van der Waals surface area contributed by atoms with Crippen molar-refractivity contribution in [1.29, 1.82) is 0 Å². The minimum atomic E-state index is -3.64. The average Bonchev–Trinajstić information content (AvgIpc) is 2.73. The molecule has 2 N–H and O–H groups in total. The molecule has 1 rings (SSSR count). The predicted molar refractivity (Wildman–Crippen MR) is 73.2 cm³/mol. The first-order chi connectivity index (χ1) is 8.64. The molecule has 0 aliphatic rings. The quantitative estimate of drug-likeness (QED) is 0.817. The molecule has 0 radical (unpaired) electrons. The standard InChI is InChI=1S/C12H23N3O3S/c1-5-15-8-11(13-9-15)19(17,18)14-7-10(16)6-12(2,3)4/h8-10,14,16H,5-7H2,1-4H3. The highest BCUT2D eigenvalue weighted by molar-refractivity contribution is 7.89. The fourth-order valence-corrected chi connectivity index (χ4v) is 2.73. The number of aromatic nitrogens is 2. The van der Waals surface area contributed by atoms with Crippen LogP contribution in [0.5, 0.6) is 0 Å². The number of nitrogens with one attached hydrogen (secondary N) is 1. The van der Waals surface area contributed by atoms with Gasteiger partial charge in [-0.15, -0.1) is 0 Å². The van der Waals surface area contributed by atoms with Gasteiger partial charge in [0.15, 0.2) is 5.03 Å². The first kappa shape index (κ1) is 16.1. The molecule has 0 saturated heterocycles. The zero-order valence-electron chi connectivity index (χ0n) is 11.9. The first-order valence-electron chi connectivity index (χ1n) is 6.33. The van der Waals surface area contributed by atoms with Gasteiger partial charge in [-0.25, -0.2) is 18.1 Å². The lowest BCUT2D eigenvalue weighted by atomic mass is 9.89. The summed E-state index contributed by atoms with van der Waals surface area (Å²) in [5, 5.41) is 9.78. The number of imidazole rings is 1. The Balaban J connectivity index is 2.61. The monoisotopic (exact) mass is 289 g/mol. The second-order valence-electron chi connectivity index (χ2n) is 5.81. The van der Waals surface area contributed by atoms with Crippen LogP contribution in [0.1, 0.15) is 34.1 Å². The maximum absolute atomic E-state index is 11.9. The van der Waals surface area contributed by atoms with Gasteiger partial charge in [0.1, 0.15) is 0 Å². The van der Waals surface area contributed by atoms with E-state index in [1.165, 1.54) is 12.5 Å². The first-order valence-corrected chi connectivity index (χ1v) is 7.82.